The Morgan fingerprint density at radius 1 is 1.09 bits per heavy atom. The van der Waals surface area contributed by atoms with Crippen LogP contribution < -0.4 is 5.32 Å². The Kier molecular flexibility index (Phi) is 7.40. The van der Waals surface area contributed by atoms with E-state index < -0.39 is 10.0 Å². The fraction of sp³-hybridized carbons (Fsp3) is 0.182. The molecule has 0 aliphatic carbocycles. The summed E-state index contributed by atoms with van der Waals surface area (Å²) in [4.78, 5) is 12.5. The number of aromatic nitrogens is 4. The van der Waals surface area contributed by atoms with Crippen molar-refractivity contribution in [3.63, 3.8) is 0 Å². The molecular weight excluding hydrogens is 476 g/mol. The molecule has 0 saturated carbocycles. The smallest absolute Gasteiger partial charge is 0.243 e. The van der Waals surface area contributed by atoms with Gasteiger partial charge in [0.25, 0.3) is 0 Å². The minimum Gasteiger partial charge on any atom is -0.467 e. The number of hydrogen-bond acceptors (Lipinski definition) is 8. The second-order valence-electron chi connectivity index (χ2n) is 7.31. The number of thioether (sulfide) groups is 1. The van der Waals surface area contributed by atoms with Crippen molar-refractivity contribution in [2.45, 2.75) is 23.1 Å². The van der Waals surface area contributed by atoms with Crippen molar-refractivity contribution in [2.75, 3.05) is 18.1 Å². The van der Waals surface area contributed by atoms with Gasteiger partial charge in [-0.05, 0) is 52.4 Å². The number of furan rings is 1. The van der Waals surface area contributed by atoms with Crippen LogP contribution in [-0.2, 0) is 27.9 Å². The van der Waals surface area contributed by atoms with Gasteiger partial charge in [-0.2, -0.15) is 4.31 Å². The minimum atomic E-state index is -3.66. The van der Waals surface area contributed by atoms with Crippen LogP contribution >= 0.6 is 11.8 Å². The first kappa shape index (κ1) is 23.7. The average molecular weight is 499 g/mol. The fourth-order valence-electron chi connectivity index (χ4n) is 3.09. The number of tetrazole rings is 1. The lowest BCUT2D eigenvalue weighted by atomic mass is 10.2. The van der Waals surface area contributed by atoms with Gasteiger partial charge in [0.05, 0.1) is 16.9 Å². The second-order valence-corrected chi connectivity index (χ2v) is 10.3. The predicted molar refractivity (Wildman–Crippen MR) is 127 cm³/mol. The van der Waals surface area contributed by atoms with Crippen LogP contribution in [0, 0.1) is 0 Å². The summed E-state index contributed by atoms with van der Waals surface area (Å²) in [6, 6.07) is 19.0. The summed E-state index contributed by atoms with van der Waals surface area (Å²) in [5, 5.41) is 14.7. The van der Waals surface area contributed by atoms with Crippen LogP contribution in [0.2, 0.25) is 0 Å². The zero-order chi connectivity index (χ0) is 24.0. The summed E-state index contributed by atoms with van der Waals surface area (Å²) in [6.07, 6.45) is 1.57. The largest absolute Gasteiger partial charge is 0.467 e. The Morgan fingerprint density at radius 3 is 2.56 bits per heavy atom. The number of hydrogen-bond donors (Lipinski definition) is 1. The van der Waals surface area contributed by atoms with Gasteiger partial charge in [-0.3, -0.25) is 4.79 Å². The van der Waals surface area contributed by atoms with Crippen molar-refractivity contribution >= 4 is 33.4 Å². The predicted octanol–water partition coefficient (Wildman–Crippen LogP) is 2.87. The molecule has 34 heavy (non-hydrogen) atoms. The van der Waals surface area contributed by atoms with E-state index in [9.17, 15) is 13.2 Å². The summed E-state index contributed by atoms with van der Waals surface area (Å²) < 4.78 is 33.8. The van der Waals surface area contributed by atoms with Crippen molar-refractivity contribution in [1.82, 2.24) is 24.5 Å². The van der Waals surface area contributed by atoms with E-state index >= 15 is 0 Å². The van der Waals surface area contributed by atoms with Crippen molar-refractivity contribution in [2.24, 2.45) is 0 Å². The van der Waals surface area contributed by atoms with E-state index in [-0.39, 0.29) is 23.1 Å². The zero-order valence-corrected chi connectivity index (χ0v) is 19.9. The van der Waals surface area contributed by atoms with E-state index in [1.54, 1.807) is 29.1 Å². The van der Waals surface area contributed by atoms with E-state index in [1.807, 2.05) is 36.4 Å². The molecule has 12 heteroatoms. The molecule has 0 aliphatic heterocycles. The zero-order valence-electron chi connectivity index (χ0n) is 18.2. The molecule has 0 atom stereocenters. The van der Waals surface area contributed by atoms with Gasteiger partial charge >= 0.3 is 0 Å². The highest BCUT2D eigenvalue weighted by Crippen LogP contribution is 2.20. The Labute approximate surface area is 201 Å². The third kappa shape index (κ3) is 5.90. The Bertz CT molecular complexity index is 1320. The topological polar surface area (TPSA) is 123 Å². The van der Waals surface area contributed by atoms with Crippen LogP contribution in [0.4, 0.5) is 5.69 Å². The minimum absolute atomic E-state index is 0.0817. The van der Waals surface area contributed by atoms with Crippen LogP contribution in [-0.4, -0.2) is 51.6 Å². The van der Waals surface area contributed by atoms with Crippen LogP contribution in [0.1, 0.15) is 11.3 Å². The van der Waals surface area contributed by atoms with Crippen molar-refractivity contribution in [3.8, 4) is 0 Å². The Balaban J connectivity index is 1.32. The summed E-state index contributed by atoms with van der Waals surface area (Å²) in [7, 11) is -2.13. The first-order chi connectivity index (χ1) is 16.4. The monoisotopic (exact) mass is 498 g/mol. The van der Waals surface area contributed by atoms with E-state index in [4.69, 9.17) is 4.42 Å². The number of rotatable bonds is 10. The molecule has 10 nitrogen and oxygen atoms in total. The maximum Gasteiger partial charge on any atom is 0.243 e. The quantitative estimate of drug-likeness (QED) is 0.331. The highest BCUT2D eigenvalue weighted by molar-refractivity contribution is 7.99. The van der Waals surface area contributed by atoms with E-state index in [2.05, 4.69) is 20.8 Å². The van der Waals surface area contributed by atoms with Crippen LogP contribution in [0.15, 0.2) is 87.5 Å². The maximum absolute atomic E-state index is 12.9. The van der Waals surface area contributed by atoms with Crippen molar-refractivity contribution in [3.05, 3.63) is 84.3 Å². The molecule has 0 saturated heterocycles. The molecule has 4 rings (SSSR count). The molecule has 176 valence electrons. The van der Waals surface area contributed by atoms with Gasteiger partial charge in [0.2, 0.25) is 21.1 Å². The average Bonchev–Trinajstić information content (AvgIpc) is 3.51. The normalized spacial score (nSPS) is 11.6. The summed E-state index contributed by atoms with van der Waals surface area (Å²) >= 11 is 1.19. The fourth-order valence-corrected chi connectivity index (χ4v) is 4.93. The lowest BCUT2D eigenvalue weighted by Crippen LogP contribution is -2.26. The highest BCUT2D eigenvalue weighted by atomic mass is 32.2. The number of nitrogens with zero attached hydrogens (tertiary/aromatic N) is 5. The van der Waals surface area contributed by atoms with Gasteiger partial charge < -0.3 is 9.73 Å². The van der Waals surface area contributed by atoms with E-state index in [0.29, 0.717) is 23.1 Å². The lowest BCUT2D eigenvalue weighted by Gasteiger charge is -2.17. The molecule has 0 unspecified atom stereocenters. The number of carbonyl (C=O) groups excluding carboxylic acids is 1. The molecule has 2 heterocycles. The number of sulfonamides is 1. The Morgan fingerprint density at radius 2 is 1.85 bits per heavy atom. The highest BCUT2D eigenvalue weighted by Gasteiger charge is 2.21. The van der Waals surface area contributed by atoms with Gasteiger partial charge in [0.15, 0.2) is 0 Å². The van der Waals surface area contributed by atoms with Crippen molar-refractivity contribution < 1.29 is 17.6 Å². The van der Waals surface area contributed by atoms with Crippen LogP contribution in [0.5, 0.6) is 0 Å². The van der Waals surface area contributed by atoms with Gasteiger partial charge in [-0.15, -0.1) is 5.10 Å². The first-order valence-electron chi connectivity index (χ1n) is 10.2. The first-order valence-corrected chi connectivity index (χ1v) is 12.7. The summed E-state index contributed by atoms with van der Waals surface area (Å²) in [5.41, 5.74) is 1.38. The van der Waals surface area contributed by atoms with Crippen LogP contribution in [0.25, 0.3) is 0 Å². The number of nitrogens with one attached hydrogen (secondary N) is 1. The van der Waals surface area contributed by atoms with Gasteiger partial charge in [0.1, 0.15) is 12.3 Å². The van der Waals surface area contributed by atoms with Crippen molar-refractivity contribution in [1.29, 1.82) is 0 Å². The number of amides is 1. The molecule has 1 N–H and O–H groups in total. The SMILES string of the molecule is CN(Cc1ccccc1)S(=O)(=O)c1ccc(NC(=O)CSc2nnnn2Cc2ccco2)cc1. The third-order valence-corrected chi connectivity index (χ3v) is 7.59. The lowest BCUT2D eigenvalue weighted by molar-refractivity contribution is -0.113. The Hall–Kier alpha value is -3.48. The standard InChI is InChI=1S/C22H22N6O4S2/c1-27(14-17-6-3-2-4-7-17)34(30,31)20-11-9-18(10-12-20)23-21(29)16-33-22-24-25-26-28(22)15-19-8-5-13-32-19/h2-13H,14-16H2,1H3,(H,23,29). The van der Waals surface area contributed by atoms with E-state index in [0.717, 1.165) is 5.56 Å². The molecular formula is C22H22N6O4S2. The third-order valence-electron chi connectivity index (χ3n) is 4.81. The number of anilines is 1. The summed E-state index contributed by atoms with van der Waals surface area (Å²) in [5.74, 6) is 0.510. The molecule has 0 fully saturated rings. The molecule has 2 aromatic heterocycles. The molecule has 2 aromatic carbocycles. The molecule has 0 aliphatic rings. The van der Waals surface area contributed by atoms with Gasteiger partial charge in [-0.25, -0.2) is 13.1 Å². The molecule has 4 aromatic rings. The number of carbonyl (C=O) groups is 1. The van der Waals surface area contributed by atoms with Crippen LogP contribution in [0.3, 0.4) is 0 Å². The second kappa shape index (κ2) is 10.6. The van der Waals surface area contributed by atoms with Gasteiger partial charge in [-0.1, -0.05) is 42.1 Å². The maximum atomic E-state index is 12.9. The summed E-state index contributed by atoms with van der Waals surface area (Å²) in [6.45, 7) is 0.622. The molecule has 0 radical (unpaired) electrons. The molecule has 1 amide bonds. The molecule has 0 spiro atoms. The van der Waals surface area contributed by atoms with E-state index in [1.165, 1.54) is 35.2 Å². The number of benzene rings is 2. The molecule has 0 bridgehead atoms. The van der Waals surface area contributed by atoms with Gasteiger partial charge in [0, 0.05) is 19.3 Å².